The molecule has 2 saturated heterocycles. The van der Waals surface area contributed by atoms with Crippen LogP contribution in [0, 0.1) is 29.1 Å². The Morgan fingerprint density at radius 2 is 2.23 bits per heavy atom. The molecule has 7 heteroatoms. The van der Waals surface area contributed by atoms with E-state index in [1.807, 2.05) is 5.38 Å². The summed E-state index contributed by atoms with van der Waals surface area (Å²) in [4.78, 5) is 20.5. The van der Waals surface area contributed by atoms with Crippen molar-refractivity contribution in [1.82, 2.24) is 4.98 Å². The first kappa shape index (κ1) is 15.9. The molecule has 2 aliphatic heterocycles. The van der Waals surface area contributed by atoms with E-state index in [2.05, 4.69) is 28.9 Å². The molecule has 5 rings (SSSR count). The van der Waals surface area contributed by atoms with Crippen LogP contribution < -0.4 is 9.80 Å². The molecule has 0 bridgehead atoms. The molecular weight excluding hydrogens is 348 g/mol. The Bertz CT molecular complexity index is 937. The van der Waals surface area contributed by atoms with Gasteiger partial charge in [0, 0.05) is 42.2 Å². The third kappa shape index (κ3) is 2.28. The van der Waals surface area contributed by atoms with Crippen LogP contribution in [-0.2, 0) is 4.79 Å². The molecule has 134 valence electrons. The van der Waals surface area contributed by atoms with E-state index in [1.54, 1.807) is 11.3 Å². The Morgan fingerprint density at radius 3 is 2.81 bits per heavy atom. The SMILES string of the molecule is C[C@H]1CCN1c1nc(N2CC3C(CC(=O)O)C3C2)cc2scc(C#N)c12. The van der Waals surface area contributed by atoms with E-state index in [0.717, 1.165) is 47.8 Å². The number of pyridine rings is 1. The van der Waals surface area contributed by atoms with E-state index in [9.17, 15) is 10.1 Å². The second kappa shape index (κ2) is 5.58. The molecule has 3 atom stereocenters. The van der Waals surface area contributed by atoms with Gasteiger partial charge in [0.1, 0.15) is 17.7 Å². The van der Waals surface area contributed by atoms with Crippen molar-refractivity contribution in [2.45, 2.75) is 25.8 Å². The Balaban J connectivity index is 1.47. The van der Waals surface area contributed by atoms with Crippen LogP contribution in [0.15, 0.2) is 11.4 Å². The van der Waals surface area contributed by atoms with Crippen LogP contribution in [0.5, 0.6) is 0 Å². The van der Waals surface area contributed by atoms with Gasteiger partial charge in [0.2, 0.25) is 0 Å². The van der Waals surface area contributed by atoms with Gasteiger partial charge in [-0.1, -0.05) is 0 Å². The molecule has 2 unspecified atom stereocenters. The number of carboxylic acids is 1. The van der Waals surface area contributed by atoms with Crippen molar-refractivity contribution in [3.8, 4) is 6.07 Å². The highest BCUT2D eigenvalue weighted by molar-refractivity contribution is 7.17. The van der Waals surface area contributed by atoms with Crippen LogP contribution >= 0.6 is 11.3 Å². The summed E-state index contributed by atoms with van der Waals surface area (Å²) in [5.74, 6) is 2.55. The summed E-state index contributed by atoms with van der Waals surface area (Å²) in [6.07, 6.45) is 1.45. The highest BCUT2D eigenvalue weighted by Gasteiger charge is 2.56. The molecule has 26 heavy (non-hydrogen) atoms. The minimum atomic E-state index is -0.688. The monoisotopic (exact) mass is 368 g/mol. The Morgan fingerprint density at radius 1 is 1.46 bits per heavy atom. The number of anilines is 2. The summed E-state index contributed by atoms with van der Waals surface area (Å²) in [6.45, 7) is 4.97. The Labute approximate surface area is 155 Å². The lowest BCUT2D eigenvalue weighted by molar-refractivity contribution is -0.137. The maximum atomic E-state index is 10.9. The van der Waals surface area contributed by atoms with Crippen LogP contribution in [0.3, 0.4) is 0 Å². The van der Waals surface area contributed by atoms with Crippen LogP contribution in [0.1, 0.15) is 25.3 Å². The molecule has 1 aliphatic carbocycles. The molecule has 4 heterocycles. The molecule has 1 saturated carbocycles. The number of hydrogen-bond donors (Lipinski definition) is 1. The smallest absolute Gasteiger partial charge is 0.303 e. The van der Waals surface area contributed by atoms with E-state index in [1.165, 1.54) is 0 Å². The topological polar surface area (TPSA) is 80.5 Å². The predicted octanol–water partition coefficient (Wildman–Crippen LogP) is 2.92. The number of fused-ring (bicyclic) bond motifs is 2. The molecule has 3 aliphatic rings. The molecule has 0 aromatic carbocycles. The summed E-state index contributed by atoms with van der Waals surface area (Å²) in [7, 11) is 0. The van der Waals surface area contributed by atoms with Crippen molar-refractivity contribution >= 4 is 39.0 Å². The fraction of sp³-hybridized carbons (Fsp3) is 0.526. The van der Waals surface area contributed by atoms with Crippen molar-refractivity contribution < 1.29 is 9.90 Å². The molecule has 0 radical (unpaired) electrons. The number of aromatic nitrogens is 1. The minimum Gasteiger partial charge on any atom is -0.481 e. The van der Waals surface area contributed by atoms with Gasteiger partial charge >= 0.3 is 5.97 Å². The zero-order valence-corrected chi connectivity index (χ0v) is 15.4. The van der Waals surface area contributed by atoms with Gasteiger partial charge in [0.15, 0.2) is 0 Å². The number of aliphatic carboxylic acids is 1. The molecule has 6 nitrogen and oxygen atoms in total. The summed E-state index contributed by atoms with van der Waals surface area (Å²) >= 11 is 1.61. The molecule has 3 fully saturated rings. The third-order valence-electron chi connectivity index (χ3n) is 6.34. The zero-order chi connectivity index (χ0) is 18.0. The maximum Gasteiger partial charge on any atom is 0.303 e. The lowest BCUT2D eigenvalue weighted by atomic mass is 10.0. The van der Waals surface area contributed by atoms with Gasteiger partial charge in [-0.3, -0.25) is 4.79 Å². The first-order valence-electron chi connectivity index (χ1n) is 9.12. The second-order valence-corrected chi connectivity index (χ2v) is 8.68. The number of hydrogen-bond acceptors (Lipinski definition) is 6. The highest BCUT2D eigenvalue weighted by atomic mass is 32.1. The Hall–Kier alpha value is -2.33. The number of piperidine rings is 1. The number of carboxylic acid groups (broad SMARTS) is 1. The molecule has 2 aromatic rings. The average Bonchev–Trinajstić information content (AvgIpc) is 2.99. The van der Waals surface area contributed by atoms with E-state index in [-0.39, 0.29) is 0 Å². The lowest BCUT2D eigenvalue weighted by Gasteiger charge is -2.40. The van der Waals surface area contributed by atoms with Gasteiger partial charge < -0.3 is 14.9 Å². The van der Waals surface area contributed by atoms with Crippen LogP contribution in [-0.4, -0.2) is 41.7 Å². The number of thiophene rings is 1. The van der Waals surface area contributed by atoms with E-state index >= 15 is 0 Å². The first-order chi connectivity index (χ1) is 12.6. The summed E-state index contributed by atoms with van der Waals surface area (Å²) in [5, 5.41) is 21.4. The number of nitrogens with zero attached hydrogens (tertiary/aromatic N) is 4. The molecular formula is C19H20N4O2S. The normalized spacial score (nSPS) is 29.4. The summed E-state index contributed by atoms with van der Waals surface area (Å²) < 4.78 is 1.11. The standard InChI is InChI=1S/C19H20N4O2S/c1-10-2-3-23(10)19-18-11(6-20)9-26-15(18)5-16(21-19)22-7-13-12(4-17(24)25)14(13)8-22/h5,9-10,12-14H,2-4,7-8H2,1H3,(H,24,25)/t10-,12?,13?,14?/m0/s1. The van der Waals surface area contributed by atoms with Crippen LogP contribution in [0.2, 0.25) is 0 Å². The largest absolute Gasteiger partial charge is 0.481 e. The fourth-order valence-corrected chi connectivity index (χ4v) is 5.56. The third-order valence-corrected chi connectivity index (χ3v) is 7.27. The van der Waals surface area contributed by atoms with Crippen molar-refractivity contribution in [1.29, 1.82) is 5.26 Å². The molecule has 2 aromatic heterocycles. The highest BCUT2D eigenvalue weighted by Crippen LogP contribution is 2.54. The van der Waals surface area contributed by atoms with Gasteiger partial charge in [-0.2, -0.15) is 5.26 Å². The minimum absolute atomic E-state index is 0.294. The van der Waals surface area contributed by atoms with Crippen LogP contribution in [0.25, 0.3) is 10.1 Å². The number of carbonyl (C=O) groups is 1. The fourth-order valence-electron chi connectivity index (χ4n) is 4.65. The quantitative estimate of drug-likeness (QED) is 0.894. The average molecular weight is 368 g/mol. The van der Waals surface area contributed by atoms with Gasteiger partial charge in [-0.15, -0.1) is 11.3 Å². The van der Waals surface area contributed by atoms with Gasteiger partial charge in [-0.25, -0.2) is 4.98 Å². The van der Waals surface area contributed by atoms with E-state index in [4.69, 9.17) is 10.1 Å². The molecule has 0 spiro atoms. The molecule has 1 N–H and O–H groups in total. The first-order valence-corrected chi connectivity index (χ1v) is 10.0. The second-order valence-electron chi connectivity index (χ2n) is 7.76. The van der Waals surface area contributed by atoms with Crippen LogP contribution in [0.4, 0.5) is 11.6 Å². The maximum absolute atomic E-state index is 10.9. The van der Waals surface area contributed by atoms with E-state index < -0.39 is 5.97 Å². The van der Waals surface area contributed by atoms with Gasteiger partial charge in [0.05, 0.1) is 10.9 Å². The van der Waals surface area contributed by atoms with Crippen molar-refractivity contribution in [3.05, 3.63) is 17.0 Å². The number of rotatable bonds is 4. The van der Waals surface area contributed by atoms with Gasteiger partial charge in [-0.05, 0) is 37.2 Å². The van der Waals surface area contributed by atoms with Crippen molar-refractivity contribution in [2.75, 3.05) is 29.4 Å². The number of nitriles is 1. The van der Waals surface area contributed by atoms with Crippen molar-refractivity contribution in [2.24, 2.45) is 17.8 Å². The van der Waals surface area contributed by atoms with Crippen molar-refractivity contribution in [3.63, 3.8) is 0 Å². The Kier molecular flexibility index (Phi) is 3.41. The lowest BCUT2D eigenvalue weighted by Crippen LogP contribution is -2.46. The predicted molar refractivity (Wildman–Crippen MR) is 101 cm³/mol. The van der Waals surface area contributed by atoms with Gasteiger partial charge in [0.25, 0.3) is 0 Å². The van der Waals surface area contributed by atoms with E-state index in [0.29, 0.717) is 35.8 Å². The molecule has 0 amide bonds. The summed E-state index contributed by atoms with van der Waals surface area (Å²) in [5.41, 5.74) is 0.712. The summed E-state index contributed by atoms with van der Waals surface area (Å²) in [6, 6.07) is 4.87. The zero-order valence-electron chi connectivity index (χ0n) is 14.6.